The van der Waals surface area contributed by atoms with Gasteiger partial charge in [0.05, 0.1) is 10.9 Å². The molecule has 0 aliphatic carbocycles. The molecule has 1 N–H and O–H groups in total. The highest BCUT2D eigenvalue weighted by atomic mass is 16.1. The second-order valence-corrected chi connectivity index (χ2v) is 8.70. The number of amides is 1. The number of likely N-dealkylation sites (N-methyl/N-ethyl adjacent to an activating group) is 1. The fourth-order valence-corrected chi connectivity index (χ4v) is 4.82. The summed E-state index contributed by atoms with van der Waals surface area (Å²) in [5.41, 5.74) is 4.23. The topological polar surface area (TPSA) is 70.5 Å². The molecule has 1 saturated heterocycles. The maximum atomic E-state index is 12.9. The number of carbonyl (C=O) groups is 1. The van der Waals surface area contributed by atoms with Crippen LogP contribution in [0.25, 0.3) is 10.9 Å². The largest absolute Gasteiger partial charge is 0.369 e. The predicted octanol–water partition coefficient (Wildman–Crippen LogP) is 3.05. The van der Waals surface area contributed by atoms with Gasteiger partial charge in [0.15, 0.2) is 0 Å². The number of hydrogen-bond acceptors (Lipinski definition) is 5. The van der Waals surface area contributed by atoms with Gasteiger partial charge >= 0.3 is 0 Å². The normalized spacial score (nSPS) is 16.4. The van der Waals surface area contributed by atoms with Crippen molar-refractivity contribution in [1.82, 2.24) is 14.5 Å². The van der Waals surface area contributed by atoms with Gasteiger partial charge in [-0.05, 0) is 61.9 Å². The Bertz CT molecular complexity index is 1240. The third-order valence-electron chi connectivity index (χ3n) is 6.69. The average Bonchev–Trinajstić information content (AvgIpc) is 3.28. The Labute approximate surface area is 187 Å². The van der Waals surface area contributed by atoms with Gasteiger partial charge in [-0.1, -0.05) is 6.92 Å². The van der Waals surface area contributed by atoms with E-state index in [9.17, 15) is 9.59 Å². The van der Waals surface area contributed by atoms with Crippen LogP contribution >= 0.6 is 0 Å². The number of nitrogens with one attached hydrogen (secondary N) is 1. The van der Waals surface area contributed by atoms with Gasteiger partial charge in [0.1, 0.15) is 5.82 Å². The van der Waals surface area contributed by atoms with Crippen molar-refractivity contribution in [2.45, 2.75) is 33.2 Å². The van der Waals surface area contributed by atoms with E-state index < -0.39 is 0 Å². The summed E-state index contributed by atoms with van der Waals surface area (Å²) in [7, 11) is 0. The lowest BCUT2D eigenvalue weighted by atomic mass is 10.1. The lowest BCUT2D eigenvalue weighted by Gasteiger charge is -2.36. The van der Waals surface area contributed by atoms with Crippen molar-refractivity contribution in [1.29, 1.82) is 0 Å². The fraction of sp³-hybridized carbons (Fsp3) is 0.400. The Balaban J connectivity index is 1.34. The third-order valence-corrected chi connectivity index (χ3v) is 6.69. The smallest absolute Gasteiger partial charge is 0.261 e. The second-order valence-electron chi connectivity index (χ2n) is 8.70. The number of fused-ring (bicyclic) bond motifs is 2. The second kappa shape index (κ2) is 8.39. The van der Waals surface area contributed by atoms with E-state index in [1.54, 1.807) is 22.8 Å². The van der Waals surface area contributed by atoms with Crippen molar-refractivity contribution in [3.05, 3.63) is 63.7 Å². The first-order chi connectivity index (χ1) is 15.5. The van der Waals surface area contributed by atoms with Crippen molar-refractivity contribution in [3.8, 4) is 0 Å². The molecule has 7 nitrogen and oxygen atoms in total. The zero-order chi connectivity index (χ0) is 22.2. The molecule has 0 atom stereocenters. The summed E-state index contributed by atoms with van der Waals surface area (Å²) in [5, 5.41) is 3.57. The molecule has 0 bridgehead atoms. The van der Waals surface area contributed by atoms with Crippen LogP contribution in [0.1, 0.15) is 35.1 Å². The molecule has 0 radical (unpaired) electrons. The molecular weight excluding hydrogens is 402 g/mol. The van der Waals surface area contributed by atoms with Crippen LogP contribution in [0.4, 0.5) is 11.4 Å². The van der Waals surface area contributed by atoms with Crippen LogP contribution < -0.4 is 15.8 Å². The summed E-state index contributed by atoms with van der Waals surface area (Å²) in [6, 6.07) is 11.2. The molecule has 2 aliphatic heterocycles. The fourth-order valence-electron chi connectivity index (χ4n) is 4.82. The Morgan fingerprint density at radius 1 is 1.06 bits per heavy atom. The number of benzene rings is 2. The first kappa shape index (κ1) is 20.7. The molecule has 166 valence electrons. The SMILES string of the molecule is CCN1CCN(c2ccc(NC(=O)c3ccc4c(=O)n5c(nc4c3)CCC5)cc2C)CC1. The van der Waals surface area contributed by atoms with Crippen LogP contribution in [0.3, 0.4) is 0 Å². The Morgan fingerprint density at radius 3 is 2.62 bits per heavy atom. The van der Waals surface area contributed by atoms with Gasteiger partial charge in [-0.3, -0.25) is 14.2 Å². The first-order valence-corrected chi connectivity index (χ1v) is 11.5. The molecular formula is C25H29N5O2. The molecule has 1 fully saturated rings. The van der Waals surface area contributed by atoms with Crippen LogP contribution in [0.15, 0.2) is 41.2 Å². The van der Waals surface area contributed by atoms with E-state index in [-0.39, 0.29) is 11.5 Å². The lowest BCUT2D eigenvalue weighted by Crippen LogP contribution is -2.46. The summed E-state index contributed by atoms with van der Waals surface area (Å²) >= 11 is 0. The van der Waals surface area contributed by atoms with E-state index in [2.05, 4.69) is 40.0 Å². The maximum Gasteiger partial charge on any atom is 0.261 e. The Morgan fingerprint density at radius 2 is 1.88 bits per heavy atom. The Kier molecular flexibility index (Phi) is 5.43. The number of hydrogen-bond donors (Lipinski definition) is 1. The minimum atomic E-state index is -0.196. The van der Waals surface area contributed by atoms with Gasteiger partial charge in [-0.2, -0.15) is 0 Å². The van der Waals surface area contributed by atoms with Crippen LogP contribution in [0.5, 0.6) is 0 Å². The predicted molar refractivity (Wildman–Crippen MR) is 128 cm³/mol. The zero-order valence-corrected chi connectivity index (χ0v) is 18.7. The summed E-state index contributed by atoms with van der Waals surface area (Å²) in [4.78, 5) is 35.1. The highest BCUT2D eigenvalue weighted by Crippen LogP contribution is 2.25. The van der Waals surface area contributed by atoms with Crippen LogP contribution in [-0.2, 0) is 13.0 Å². The minimum Gasteiger partial charge on any atom is -0.369 e. The van der Waals surface area contributed by atoms with Crippen molar-refractivity contribution in [2.75, 3.05) is 42.9 Å². The third kappa shape index (κ3) is 3.77. The van der Waals surface area contributed by atoms with E-state index in [0.717, 1.165) is 69.2 Å². The number of aromatic nitrogens is 2. The summed E-state index contributed by atoms with van der Waals surface area (Å²) in [5.74, 6) is 0.615. The number of rotatable bonds is 4. The molecule has 5 rings (SSSR count). The highest BCUT2D eigenvalue weighted by Gasteiger charge is 2.19. The van der Waals surface area contributed by atoms with Crippen molar-refractivity contribution < 1.29 is 4.79 Å². The summed E-state index contributed by atoms with van der Waals surface area (Å²) in [6.07, 6.45) is 1.75. The monoisotopic (exact) mass is 431 g/mol. The molecule has 7 heteroatoms. The highest BCUT2D eigenvalue weighted by molar-refractivity contribution is 6.06. The molecule has 2 aromatic carbocycles. The Hall–Kier alpha value is -3.19. The zero-order valence-electron chi connectivity index (χ0n) is 18.7. The van der Waals surface area contributed by atoms with Gasteiger partial charge in [0.25, 0.3) is 11.5 Å². The quantitative estimate of drug-likeness (QED) is 0.688. The number of anilines is 2. The molecule has 1 aromatic heterocycles. The van der Waals surface area contributed by atoms with Gasteiger partial charge in [-0.25, -0.2) is 4.98 Å². The molecule has 32 heavy (non-hydrogen) atoms. The molecule has 0 spiro atoms. The number of carbonyl (C=O) groups excluding carboxylic acids is 1. The van der Waals surface area contributed by atoms with Gasteiger partial charge in [0, 0.05) is 56.1 Å². The minimum absolute atomic E-state index is 0.0135. The van der Waals surface area contributed by atoms with Crippen molar-refractivity contribution in [3.63, 3.8) is 0 Å². The van der Waals surface area contributed by atoms with Crippen LogP contribution in [-0.4, -0.2) is 53.1 Å². The van der Waals surface area contributed by atoms with Gasteiger partial charge in [-0.15, -0.1) is 0 Å². The molecule has 1 amide bonds. The maximum absolute atomic E-state index is 12.9. The summed E-state index contributed by atoms with van der Waals surface area (Å²) in [6.45, 7) is 10.3. The first-order valence-electron chi connectivity index (χ1n) is 11.5. The molecule has 0 saturated carbocycles. The van der Waals surface area contributed by atoms with Crippen molar-refractivity contribution in [2.24, 2.45) is 0 Å². The van der Waals surface area contributed by atoms with Gasteiger partial charge < -0.3 is 15.1 Å². The molecule has 0 unspecified atom stereocenters. The van der Waals surface area contributed by atoms with E-state index in [1.807, 2.05) is 12.1 Å². The molecule has 3 aromatic rings. The van der Waals surface area contributed by atoms with Crippen molar-refractivity contribution >= 4 is 28.2 Å². The van der Waals surface area contributed by atoms with Crippen LogP contribution in [0, 0.1) is 6.92 Å². The van der Waals surface area contributed by atoms with E-state index in [4.69, 9.17) is 0 Å². The molecule has 3 heterocycles. The number of piperazine rings is 1. The standard InChI is InChI=1S/C25H29N5O2/c1-3-28-11-13-29(14-12-28)22-9-7-19(15-17(22)2)26-24(31)18-6-8-20-21(16-18)27-23-5-4-10-30(23)25(20)32/h6-9,15-16H,3-5,10-14H2,1-2H3,(H,26,31). The number of nitrogens with zero attached hydrogens (tertiary/aromatic N) is 4. The summed E-state index contributed by atoms with van der Waals surface area (Å²) < 4.78 is 1.74. The number of aryl methyl sites for hydroxylation is 2. The molecule has 2 aliphatic rings. The lowest BCUT2D eigenvalue weighted by molar-refractivity contribution is 0.102. The van der Waals surface area contributed by atoms with Gasteiger partial charge in [0.2, 0.25) is 0 Å². The van der Waals surface area contributed by atoms with E-state index in [1.165, 1.54) is 5.69 Å². The average molecular weight is 432 g/mol. The van der Waals surface area contributed by atoms with E-state index in [0.29, 0.717) is 16.5 Å². The van der Waals surface area contributed by atoms with E-state index >= 15 is 0 Å². The van der Waals surface area contributed by atoms with Crippen LogP contribution in [0.2, 0.25) is 0 Å².